The van der Waals surface area contributed by atoms with Crippen molar-refractivity contribution in [3.63, 3.8) is 0 Å². The van der Waals surface area contributed by atoms with Crippen molar-refractivity contribution >= 4 is 22.2 Å². The fourth-order valence-electron chi connectivity index (χ4n) is 3.11. The zero-order valence-electron chi connectivity index (χ0n) is 13.7. The van der Waals surface area contributed by atoms with Gasteiger partial charge in [-0.05, 0) is 30.7 Å². The molecule has 0 aromatic heterocycles. The van der Waals surface area contributed by atoms with Gasteiger partial charge in [-0.3, -0.25) is 5.32 Å². The van der Waals surface area contributed by atoms with Crippen LogP contribution in [0.4, 0.5) is 4.39 Å². The van der Waals surface area contributed by atoms with Crippen LogP contribution in [0.3, 0.4) is 0 Å². The Morgan fingerprint density at radius 2 is 2.04 bits per heavy atom. The molecule has 1 aliphatic rings. The van der Waals surface area contributed by atoms with Crippen LogP contribution >= 0.6 is 15.9 Å². The van der Waals surface area contributed by atoms with E-state index in [9.17, 15) is 9.18 Å². The molecule has 0 radical (unpaired) electrons. The molecule has 3 atom stereocenters. The number of morpholine rings is 1. The minimum absolute atomic E-state index is 0. The number of halogens is 2. The topological polar surface area (TPSA) is 38.3 Å². The van der Waals surface area contributed by atoms with Crippen molar-refractivity contribution in [3.8, 4) is 0 Å². The summed E-state index contributed by atoms with van der Waals surface area (Å²) in [5, 5.41) is 3.28. The molecule has 6 heteroatoms. The number of carbonyl (C=O) groups is 1. The van der Waals surface area contributed by atoms with Crippen molar-refractivity contribution < 1.29 is 34.3 Å². The fraction of sp³-hybridized carbons (Fsp3) is 0.316. The van der Waals surface area contributed by atoms with Gasteiger partial charge in [-0.25, -0.2) is 4.39 Å². The average molecular weight is 499 g/mol. The summed E-state index contributed by atoms with van der Waals surface area (Å²) in [6, 6.07) is 14.2. The second kappa shape index (κ2) is 8.66. The number of rotatable bonds is 4. The molecule has 25 heavy (non-hydrogen) atoms. The van der Waals surface area contributed by atoms with Crippen LogP contribution in [0.1, 0.15) is 18.1 Å². The Morgan fingerprint density at radius 1 is 1.32 bits per heavy atom. The van der Waals surface area contributed by atoms with Crippen LogP contribution in [0.15, 0.2) is 53.0 Å². The van der Waals surface area contributed by atoms with Crippen molar-refractivity contribution in [1.82, 2.24) is 5.32 Å². The van der Waals surface area contributed by atoms with E-state index in [2.05, 4.69) is 21.2 Å². The van der Waals surface area contributed by atoms with E-state index >= 15 is 0 Å². The number of nitrogens with one attached hydrogen (secondary N) is 1. The molecular weight excluding hydrogens is 480 g/mol. The molecule has 2 aromatic rings. The summed E-state index contributed by atoms with van der Waals surface area (Å²) >= 11 is 3.37. The predicted molar refractivity (Wildman–Crippen MR) is 94.3 cm³/mol. The van der Waals surface area contributed by atoms with Crippen LogP contribution in [-0.2, 0) is 41.9 Å². The molecule has 1 N–H and O–H groups in total. The summed E-state index contributed by atoms with van der Waals surface area (Å²) in [5.74, 6) is -0.317. The molecule has 2 aromatic carbocycles. The maximum atomic E-state index is 14.3. The molecule has 1 fully saturated rings. The minimum Gasteiger partial charge on any atom is -0.374 e. The first kappa shape index (κ1) is 20.4. The second-order valence-electron chi connectivity index (χ2n) is 6.30. The van der Waals surface area contributed by atoms with E-state index in [-0.39, 0.29) is 32.3 Å². The van der Waals surface area contributed by atoms with E-state index in [1.54, 1.807) is 12.1 Å². The normalized spacial score (nSPS) is 25.9. The maximum Gasteiger partial charge on any atom is 0.139 e. The van der Waals surface area contributed by atoms with Gasteiger partial charge in [-0.15, -0.1) is 0 Å². The number of hydrogen-bond donors (Lipinski definition) is 1. The summed E-state index contributed by atoms with van der Waals surface area (Å²) < 4.78 is 21.0. The molecule has 0 amide bonds. The molecule has 0 aliphatic carbocycles. The van der Waals surface area contributed by atoms with Crippen LogP contribution < -0.4 is 5.32 Å². The molecular formula is C19H19BrFNO2Pd. The largest absolute Gasteiger partial charge is 0.374 e. The molecule has 1 aliphatic heterocycles. The first-order valence-electron chi connectivity index (χ1n) is 7.86. The smallest absolute Gasteiger partial charge is 0.139 e. The van der Waals surface area contributed by atoms with Crippen LogP contribution in [-0.4, -0.2) is 25.0 Å². The van der Waals surface area contributed by atoms with Gasteiger partial charge < -0.3 is 9.53 Å². The van der Waals surface area contributed by atoms with Gasteiger partial charge in [-0.2, -0.15) is 0 Å². The van der Waals surface area contributed by atoms with Gasteiger partial charge in [0.2, 0.25) is 0 Å². The molecule has 3 rings (SSSR count). The van der Waals surface area contributed by atoms with E-state index in [4.69, 9.17) is 4.74 Å². The number of carbonyl (C=O) groups excluding carboxylic acids is 1. The molecule has 1 heterocycles. The van der Waals surface area contributed by atoms with Gasteiger partial charge in [0.25, 0.3) is 0 Å². The minimum atomic E-state index is -0.757. The van der Waals surface area contributed by atoms with Gasteiger partial charge in [0.15, 0.2) is 0 Å². The molecule has 136 valence electrons. The molecule has 1 saturated heterocycles. The van der Waals surface area contributed by atoms with Crippen LogP contribution in [0.5, 0.6) is 0 Å². The van der Waals surface area contributed by atoms with Crippen LogP contribution in [0.2, 0.25) is 0 Å². The first-order chi connectivity index (χ1) is 11.5. The molecule has 0 bridgehead atoms. The number of hydrogen-bond acceptors (Lipinski definition) is 3. The Balaban J connectivity index is 0.00000225. The average Bonchev–Trinajstić information content (AvgIpc) is 2.59. The van der Waals surface area contributed by atoms with Crippen LogP contribution in [0.25, 0.3) is 0 Å². The van der Waals surface area contributed by atoms with E-state index in [0.717, 1.165) is 16.3 Å². The fourth-order valence-corrected chi connectivity index (χ4v) is 3.47. The van der Waals surface area contributed by atoms with E-state index in [1.807, 2.05) is 37.3 Å². The Morgan fingerprint density at radius 3 is 2.72 bits per heavy atom. The maximum absolute atomic E-state index is 14.3. The zero-order chi connectivity index (χ0) is 17.2. The predicted octanol–water partition coefficient (Wildman–Crippen LogP) is 3.60. The van der Waals surface area contributed by atoms with Crippen molar-refractivity contribution in [2.24, 2.45) is 0 Å². The number of ether oxygens (including phenoxy) is 1. The quantitative estimate of drug-likeness (QED) is 0.517. The van der Waals surface area contributed by atoms with E-state index in [1.165, 1.54) is 6.07 Å². The Kier molecular flexibility index (Phi) is 7.07. The molecule has 0 saturated carbocycles. The summed E-state index contributed by atoms with van der Waals surface area (Å²) in [4.78, 5) is 11.6. The molecule has 1 unspecified atom stereocenters. The Hall–Kier alpha value is -0.898. The third kappa shape index (κ3) is 4.64. The van der Waals surface area contributed by atoms with Crippen LogP contribution in [0, 0.1) is 5.82 Å². The van der Waals surface area contributed by atoms with Crippen molar-refractivity contribution in [2.45, 2.75) is 31.0 Å². The van der Waals surface area contributed by atoms with Crippen molar-refractivity contribution in [2.75, 3.05) is 6.61 Å². The van der Waals surface area contributed by atoms with Gasteiger partial charge in [0.05, 0.1) is 24.3 Å². The Bertz CT molecular complexity index is 731. The zero-order valence-corrected chi connectivity index (χ0v) is 16.8. The van der Waals surface area contributed by atoms with Crippen molar-refractivity contribution in [3.05, 3.63) is 69.9 Å². The first-order valence-corrected chi connectivity index (χ1v) is 8.65. The third-order valence-corrected chi connectivity index (χ3v) is 4.91. The van der Waals surface area contributed by atoms with E-state index in [0.29, 0.717) is 18.6 Å². The summed E-state index contributed by atoms with van der Waals surface area (Å²) in [7, 11) is 0. The summed E-state index contributed by atoms with van der Waals surface area (Å²) in [5.41, 5.74) is 0.836. The third-order valence-electron chi connectivity index (χ3n) is 4.42. The number of benzene rings is 2. The van der Waals surface area contributed by atoms with Gasteiger partial charge in [-0.1, -0.05) is 46.3 Å². The monoisotopic (exact) mass is 497 g/mol. The van der Waals surface area contributed by atoms with Gasteiger partial charge >= 0.3 is 0 Å². The van der Waals surface area contributed by atoms with E-state index < -0.39 is 11.6 Å². The molecule has 0 spiro atoms. The van der Waals surface area contributed by atoms with Gasteiger partial charge in [0, 0.05) is 36.9 Å². The van der Waals surface area contributed by atoms with Gasteiger partial charge in [0.1, 0.15) is 12.1 Å². The SMILES string of the molecule is C[C@@]1(c2cc(Br)ccc2F)CO[C@@H](Cc2ccccc2)C(C=O)N1.[Pd]. The summed E-state index contributed by atoms with van der Waals surface area (Å²) in [6.45, 7) is 2.15. The second-order valence-corrected chi connectivity index (χ2v) is 7.22. The number of aldehydes is 1. The van der Waals surface area contributed by atoms with Crippen molar-refractivity contribution in [1.29, 1.82) is 0 Å². The standard InChI is InChI=1S/C19H19BrFNO2.Pd/c1-19(15-10-14(20)7-8-16(15)21)12-24-18(17(11-23)22-19)9-13-5-3-2-4-6-13;/h2-8,10-11,17-18,22H,9,12H2,1H3;/t17?,18-,19-;/m0./s1. The Labute approximate surface area is 169 Å². The summed E-state index contributed by atoms with van der Waals surface area (Å²) in [6.07, 6.45) is 1.21. The molecule has 3 nitrogen and oxygen atoms in total.